The van der Waals surface area contributed by atoms with Crippen molar-refractivity contribution < 1.29 is 9.68 Å². The second kappa shape index (κ2) is 8.56. The molecule has 0 radical (unpaired) electrons. The smallest absolute Gasteiger partial charge is 0.157 e. The number of hydrogen-bond donors (Lipinski definition) is 0. The summed E-state index contributed by atoms with van der Waals surface area (Å²) < 4.78 is 0. The van der Waals surface area contributed by atoms with E-state index in [1.54, 1.807) is 0 Å². The molecule has 26 heavy (non-hydrogen) atoms. The Labute approximate surface area is 163 Å². The van der Waals surface area contributed by atoms with Crippen molar-refractivity contribution >= 4 is 34.6 Å². The molecule has 0 bridgehead atoms. The predicted octanol–water partition coefficient (Wildman–Crippen LogP) is 6.01. The molecule has 0 fully saturated rings. The van der Waals surface area contributed by atoms with Gasteiger partial charge < -0.3 is 9.68 Å². The van der Waals surface area contributed by atoms with Crippen molar-refractivity contribution in [1.29, 1.82) is 0 Å². The molecule has 2 aromatic rings. The quantitative estimate of drug-likeness (QED) is 0.630. The maximum atomic E-state index is 5.79. The predicted molar refractivity (Wildman–Crippen MR) is 106 cm³/mol. The minimum atomic E-state index is 0.0808. The molecule has 2 aliphatic rings. The van der Waals surface area contributed by atoms with Crippen LogP contribution in [0.1, 0.15) is 43.4 Å². The van der Waals surface area contributed by atoms with E-state index in [0.29, 0.717) is 12.5 Å². The van der Waals surface area contributed by atoms with E-state index in [9.17, 15) is 0 Å². The molecule has 2 aliphatic heterocycles. The lowest BCUT2D eigenvalue weighted by molar-refractivity contribution is 0.0857. The van der Waals surface area contributed by atoms with E-state index in [1.807, 2.05) is 62.4 Å². The Hall–Kier alpha value is -2.04. The SMILES string of the molecule is CC1=NOC(c2ccc(Cl)cc2)C1.CC1=NOCC1c1ccc(Cl)cc1. The van der Waals surface area contributed by atoms with Crippen LogP contribution in [0.3, 0.4) is 0 Å². The van der Waals surface area contributed by atoms with E-state index in [0.717, 1.165) is 33.5 Å². The fourth-order valence-corrected chi connectivity index (χ4v) is 3.03. The van der Waals surface area contributed by atoms with Crippen LogP contribution in [0.4, 0.5) is 0 Å². The summed E-state index contributed by atoms with van der Waals surface area (Å²) in [6.45, 7) is 4.59. The molecule has 2 atom stereocenters. The van der Waals surface area contributed by atoms with Crippen LogP contribution < -0.4 is 0 Å². The molecule has 0 spiro atoms. The minimum absolute atomic E-state index is 0.0808. The maximum Gasteiger partial charge on any atom is 0.157 e. The molecular formula is C20H20Cl2N2O2. The second-order valence-electron chi connectivity index (χ2n) is 6.31. The van der Waals surface area contributed by atoms with Crippen LogP contribution in [0.5, 0.6) is 0 Å². The Balaban J connectivity index is 0.000000151. The van der Waals surface area contributed by atoms with Gasteiger partial charge in [-0.15, -0.1) is 0 Å². The van der Waals surface area contributed by atoms with Crippen LogP contribution in [-0.2, 0) is 9.68 Å². The third kappa shape index (κ3) is 4.77. The highest BCUT2D eigenvalue weighted by Crippen LogP contribution is 2.27. The zero-order valence-corrected chi connectivity index (χ0v) is 16.2. The highest BCUT2D eigenvalue weighted by molar-refractivity contribution is 6.30. The molecule has 6 heteroatoms. The molecule has 136 valence electrons. The Morgan fingerprint density at radius 3 is 1.88 bits per heavy atom. The number of nitrogens with zero attached hydrogens (tertiary/aromatic N) is 2. The number of hydrogen-bond acceptors (Lipinski definition) is 4. The fourth-order valence-electron chi connectivity index (χ4n) is 2.78. The van der Waals surface area contributed by atoms with Crippen LogP contribution in [0.2, 0.25) is 10.0 Å². The molecule has 4 rings (SSSR count). The van der Waals surface area contributed by atoms with Gasteiger partial charge in [0, 0.05) is 16.5 Å². The Bertz CT molecular complexity index is 802. The standard InChI is InChI=1S/2C10H10ClNO/c1-7-10(6-13-12-7)8-2-4-9(11)5-3-8;1-7-6-10(13-12-7)8-2-4-9(11)5-3-8/h2*2-5,10H,6H2,1H3. The molecule has 0 aliphatic carbocycles. The zero-order chi connectivity index (χ0) is 18.5. The lowest BCUT2D eigenvalue weighted by Gasteiger charge is -2.07. The van der Waals surface area contributed by atoms with Gasteiger partial charge in [0.15, 0.2) is 6.10 Å². The molecule has 0 saturated heterocycles. The number of oxime groups is 2. The third-order valence-electron chi connectivity index (χ3n) is 4.28. The molecule has 2 aromatic carbocycles. The summed E-state index contributed by atoms with van der Waals surface area (Å²) in [4.78, 5) is 10.2. The van der Waals surface area contributed by atoms with Crippen LogP contribution in [0, 0.1) is 0 Å². The van der Waals surface area contributed by atoms with Gasteiger partial charge in [0.2, 0.25) is 0 Å². The highest BCUT2D eigenvalue weighted by atomic mass is 35.5. The van der Waals surface area contributed by atoms with E-state index < -0.39 is 0 Å². The van der Waals surface area contributed by atoms with E-state index in [-0.39, 0.29) is 6.10 Å². The van der Waals surface area contributed by atoms with Crippen molar-refractivity contribution in [3.63, 3.8) is 0 Å². The van der Waals surface area contributed by atoms with Gasteiger partial charge in [-0.3, -0.25) is 0 Å². The first-order valence-electron chi connectivity index (χ1n) is 8.39. The third-order valence-corrected chi connectivity index (χ3v) is 4.79. The fraction of sp³-hybridized carbons (Fsp3) is 0.300. The summed E-state index contributed by atoms with van der Waals surface area (Å²) in [5.41, 5.74) is 4.41. The molecule has 0 amide bonds. The summed E-state index contributed by atoms with van der Waals surface area (Å²) in [5, 5.41) is 9.31. The van der Waals surface area contributed by atoms with Gasteiger partial charge >= 0.3 is 0 Å². The first-order chi connectivity index (χ1) is 12.5. The summed E-state index contributed by atoms with van der Waals surface area (Å²) in [5.74, 6) is 0.303. The normalized spacial score (nSPS) is 21.1. The first kappa shape index (κ1) is 18.7. The maximum absolute atomic E-state index is 5.79. The number of rotatable bonds is 2. The van der Waals surface area contributed by atoms with Gasteiger partial charge in [0.05, 0.1) is 17.3 Å². The van der Waals surface area contributed by atoms with E-state index in [4.69, 9.17) is 32.9 Å². The van der Waals surface area contributed by atoms with Crippen molar-refractivity contribution in [3.8, 4) is 0 Å². The van der Waals surface area contributed by atoms with Gasteiger partial charge in [-0.25, -0.2) is 0 Å². The highest BCUT2D eigenvalue weighted by Gasteiger charge is 2.21. The van der Waals surface area contributed by atoms with Crippen molar-refractivity contribution in [3.05, 3.63) is 69.7 Å². The largest absolute Gasteiger partial charge is 0.395 e. The van der Waals surface area contributed by atoms with Crippen LogP contribution >= 0.6 is 23.2 Å². The van der Waals surface area contributed by atoms with E-state index in [2.05, 4.69) is 10.3 Å². The Morgan fingerprint density at radius 1 is 0.846 bits per heavy atom. The molecular weight excluding hydrogens is 371 g/mol. The van der Waals surface area contributed by atoms with E-state index >= 15 is 0 Å². The number of halogens is 2. The molecule has 0 aromatic heterocycles. The molecule has 4 nitrogen and oxygen atoms in total. The average Bonchev–Trinajstić information content (AvgIpc) is 3.25. The summed E-state index contributed by atoms with van der Waals surface area (Å²) in [6.07, 6.45) is 0.957. The summed E-state index contributed by atoms with van der Waals surface area (Å²) in [6, 6.07) is 15.5. The first-order valence-corrected chi connectivity index (χ1v) is 9.15. The minimum Gasteiger partial charge on any atom is -0.395 e. The molecule has 2 unspecified atom stereocenters. The van der Waals surface area contributed by atoms with Crippen molar-refractivity contribution in [1.82, 2.24) is 0 Å². The van der Waals surface area contributed by atoms with Crippen molar-refractivity contribution in [2.24, 2.45) is 10.3 Å². The van der Waals surface area contributed by atoms with Gasteiger partial charge in [0.25, 0.3) is 0 Å². The lowest BCUT2D eigenvalue weighted by atomic mass is 9.96. The Kier molecular flexibility index (Phi) is 6.17. The van der Waals surface area contributed by atoms with Crippen molar-refractivity contribution in [2.45, 2.75) is 32.3 Å². The lowest BCUT2D eigenvalue weighted by Crippen LogP contribution is -2.07. The Morgan fingerprint density at radius 2 is 1.42 bits per heavy atom. The van der Waals surface area contributed by atoms with Gasteiger partial charge in [-0.05, 0) is 49.2 Å². The molecule has 2 heterocycles. The molecule has 0 N–H and O–H groups in total. The van der Waals surface area contributed by atoms with Gasteiger partial charge in [0.1, 0.15) is 6.61 Å². The zero-order valence-electron chi connectivity index (χ0n) is 14.7. The average molecular weight is 391 g/mol. The number of benzene rings is 2. The van der Waals surface area contributed by atoms with E-state index in [1.165, 1.54) is 5.56 Å². The van der Waals surface area contributed by atoms with Crippen LogP contribution in [0.15, 0.2) is 58.8 Å². The molecule has 0 saturated carbocycles. The van der Waals surface area contributed by atoms with Crippen LogP contribution in [-0.4, -0.2) is 18.0 Å². The monoisotopic (exact) mass is 390 g/mol. The van der Waals surface area contributed by atoms with Gasteiger partial charge in [-0.1, -0.05) is 57.8 Å². The summed E-state index contributed by atoms with van der Waals surface area (Å²) >= 11 is 11.6. The van der Waals surface area contributed by atoms with Crippen LogP contribution in [0.25, 0.3) is 0 Å². The summed E-state index contributed by atoms with van der Waals surface area (Å²) in [7, 11) is 0. The second-order valence-corrected chi connectivity index (χ2v) is 7.18. The van der Waals surface area contributed by atoms with Gasteiger partial charge in [-0.2, -0.15) is 0 Å². The van der Waals surface area contributed by atoms with Crippen molar-refractivity contribution in [2.75, 3.05) is 6.61 Å². The topological polar surface area (TPSA) is 43.2 Å².